The summed E-state index contributed by atoms with van der Waals surface area (Å²) in [5, 5.41) is 6.42. The molecule has 1 aromatic heterocycles. The average molecular weight is 343 g/mol. The molecule has 0 unspecified atom stereocenters. The largest absolute Gasteiger partial charge is 0.416 e. The molecule has 24 heavy (non-hydrogen) atoms. The average Bonchev–Trinajstić information content (AvgIpc) is 2.71. The van der Waals surface area contributed by atoms with Crippen LogP contribution >= 0.6 is 0 Å². The highest BCUT2D eigenvalue weighted by Gasteiger charge is 2.31. The lowest BCUT2D eigenvalue weighted by Gasteiger charge is -2.11. The van der Waals surface area contributed by atoms with Crippen LogP contribution in [0, 0.1) is 19.7 Å². The van der Waals surface area contributed by atoms with Crippen molar-refractivity contribution in [3.05, 3.63) is 46.5 Å². The molecule has 0 saturated carbocycles. The highest BCUT2D eigenvalue weighted by molar-refractivity contribution is 5.91. The molecule has 0 aliphatic carbocycles. The van der Waals surface area contributed by atoms with Crippen molar-refractivity contribution >= 4 is 11.6 Å². The zero-order chi connectivity index (χ0) is 18.1. The lowest BCUT2D eigenvalue weighted by Crippen LogP contribution is -2.15. The fraction of sp³-hybridized carbons (Fsp3) is 0.375. The molecule has 1 heterocycles. The molecule has 2 rings (SSSR count). The summed E-state index contributed by atoms with van der Waals surface area (Å²) < 4.78 is 53.3. The summed E-state index contributed by atoms with van der Waals surface area (Å²) in [4.78, 5) is 11.9. The fourth-order valence-electron chi connectivity index (χ4n) is 2.43. The number of hydrogen-bond donors (Lipinski definition) is 1. The van der Waals surface area contributed by atoms with Gasteiger partial charge in [0, 0.05) is 19.2 Å². The number of hydrogen-bond acceptors (Lipinski definition) is 2. The van der Waals surface area contributed by atoms with Crippen molar-refractivity contribution in [1.82, 2.24) is 9.78 Å². The first-order valence-corrected chi connectivity index (χ1v) is 7.25. The van der Waals surface area contributed by atoms with E-state index < -0.39 is 29.2 Å². The van der Waals surface area contributed by atoms with Crippen LogP contribution < -0.4 is 5.32 Å². The molecule has 0 atom stereocenters. The highest BCUT2D eigenvalue weighted by atomic mass is 19.4. The summed E-state index contributed by atoms with van der Waals surface area (Å²) in [5.74, 6) is -1.47. The summed E-state index contributed by atoms with van der Waals surface area (Å²) in [6.45, 7) is 3.67. The number of carbonyl (C=O) groups excluding carboxylic acids is 1. The maximum atomic E-state index is 13.6. The molecule has 1 N–H and O–H groups in total. The van der Waals surface area contributed by atoms with Crippen LogP contribution in [0.4, 0.5) is 23.2 Å². The third kappa shape index (κ3) is 3.93. The van der Waals surface area contributed by atoms with Crippen molar-refractivity contribution in [2.45, 2.75) is 32.9 Å². The van der Waals surface area contributed by atoms with E-state index in [4.69, 9.17) is 0 Å². The molecule has 0 fully saturated rings. The molecule has 0 aliphatic heterocycles. The van der Waals surface area contributed by atoms with E-state index in [-0.39, 0.29) is 6.42 Å². The second kappa shape index (κ2) is 6.62. The van der Waals surface area contributed by atoms with E-state index in [2.05, 4.69) is 10.4 Å². The van der Waals surface area contributed by atoms with Gasteiger partial charge in [0.15, 0.2) is 0 Å². The van der Waals surface area contributed by atoms with Gasteiger partial charge in [0.2, 0.25) is 5.91 Å². The SMILES string of the molecule is Cc1nn(C)c(C)c1CCC(=O)Nc1cc(C(F)(F)F)ccc1F. The zero-order valence-corrected chi connectivity index (χ0v) is 13.5. The third-order valence-corrected chi connectivity index (χ3v) is 3.83. The molecular formula is C16H17F4N3O. The number of alkyl halides is 3. The molecule has 0 spiro atoms. The Hall–Kier alpha value is -2.38. The molecule has 1 amide bonds. The maximum Gasteiger partial charge on any atom is 0.416 e. The van der Waals surface area contributed by atoms with Gasteiger partial charge in [0.25, 0.3) is 0 Å². The Morgan fingerprint density at radius 3 is 2.50 bits per heavy atom. The predicted octanol–water partition coefficient (Wildman–Crippen LogP) is 3.77. The zero-order valence-electron chi connectivity index (χ0n) is 13.5. The van der Waals surface area contributed by atoms with Gasteiger partial charge < -0.3 is 5.32 Å². The Labute approximate surface area is 136 Å². The molecule has 8 heteroatoms. The normalized spacial score (nSPS) is 11.6. The second-order valence-corrected chi connectivity index (χ2v) is 5.51. The molecule has 130 valence electrons. The standard InChI is InChI=1S/C16H17F4N3O/c1-9-12(10(2)23(3)22-9)5-7-15(24)21-14-8-11(16(18,19)20)4-6-13(14)17/h4,6,8H,5,7H2,1-3H3,(H,21,24). The van der Waals surface area contributed by atoms with E-state index in [0.29, 0.717) is 24.6 Å². The Kier molecular flexibility index (Phi) is 4.96. The van der Waals surface area contributed by atoms with Crippen molar-refractivity contribution in [3.8, 4) is 0 Å². The van der Waals surface area contributed by atoms with Crippen LogP contribution in [0.5, 0.6) is 0 Å². The van der Waals surface area contributed by atoms with Crippen molar-refractivity contribution < 1.29 is 22.4 Å². The van der Waals surface area contributed by atoms with Gasteiger partial charge in [-0.25, -0.2) is 4.39 Å². The molecule has 4 nitrogen and oxygen atoms in total. The number of aromatic nitrogens is 2. The molecule has 1 aromatic carbocycles. The van der Waals surface area contributed by atoms with E-state index in [1.54, 1.807) is 11.7 Å². The van der Waals surface area contributed by atoms with Gasteiger partial charge in [-0.3, -0.25) is 9.48 Å². The maximum absolute atomic E-state index is 13.6. The van der Waals surface area contributed by atoms with Gasteiger partial charge in [0.05, 0.1) is 16.9 Å². The lowest BCUT2D eigenvalue weighted by atomic mass is 10.1. The topological polar surface area (TPSA) is 46.9 Å². The van der Waals surface area contributed by atoms with E-state index in [1.165, 1.54) is 0 Å². The minimum atomic E-state index is -4.60. The number of amides is 1. The molecule has 2 aromatic rings. The summed E-state index contributed by atoms with van der Waals surface area (Å²) >= 11 is 0. The lowest BCUT2D eigenvalue weighted by molar-refractivity contribution is -0.137. The highest BCUT2D eigenvalue weighted by Crippen LogP contribution is 2.31. The van der Waals surface area contributed by atoms with Crippen LogP contribution in [0.15, 0.2) is 18.2 Å². The Bertz CT molecular complexity index is 765. The van der Waals surface area contributed by atoms with Crippen LogP contribution in [0.3, 0.4) is 0 Å². The van der Waals surface area contributed by atoms with Gasteiger partial charge in [-0.2, -0.15) is 18.3 Å². The number of nitrogens with zero attached hydrogens (tertiary/aromatic N) is 2. The Morgan fingerprint density at radius 2 is 1.96 bits per heavy atom. The molecule has 0 aliphatic rings. The van der Waals surface area contributed by atoms with Gasteiger partial charge in [-0.05, 0) is 44.0 Å². The van der Waals surface area contributed by atoms with Gasteiger partial charge in [-0.1, -0.05) is 0 Å². The van der Waals surface area contributed by atoms with Gasteiger partial charge >= 0.3 is 6.18 Å². The number of benzene rings is 1. The number of carbonyl (C=O) groups is 1. The summed E-state index contributed by atoms with van der Waals surface area (Å²) in [6, 6.07) is 1.91. The third-order valence-electron chi connectivity index (χ3n) is 3.83. The van der Waals surface area contributed by atoms with E-state index in [0.717, 1.165) is 17.0 Å². The van der Waals surface area contributed by atoms with Crippen LogP contribution in [-0.4, -0.2) is 15.7 Å². The first-order chi connectivity index (χ1) is 11.1. The smallest absolute Gasteiger partial charge is 0.324 e. The number of nitrogens with one attached hydrogen (secondary N) is 1. The van der Waals surface area contributed by atoms with E-state index in [9.17, 15) is 22.4 Å². The van der Waals surface area contributed by atoms with E-state index in [1.807, 2.05) is 13.8 Å². The quantitative estimate of drug-likeness (QED) is 0.859. The van der Waals surface area contributed by atoms with Crippen LogP contribution in [0.2, 0.25) is 0 Å². The van der Waals surface area contributed by atoms with Crippen molar-refractivity contribution in [2.24, 2.45) is 7.05 Å². The number of rotatable bonds is 4. The summed E-state index contributed by atoms with van der Waals surface area (Å²) in [5.41, 5.74) is 1.10. The fourth-order valence-corrected chi connectivity index (χ4v) is 2.43. The monoisotopic (exact) mass is 343 g/mol. The van der Waals surface area contributed by atoms with Crippen molar-refractivity contribution in [3.63, 3.8) is 0 Å². The first-order valence-electron chi connectivity index (χ1n) is 7.25. The molecule has 0 bridgehead atoms. The van der Waals surface area contributed by atoms with Crippen LogP contribution in [-0.2, 0) is 24.4 Å². The number of anilines is 1. The molecule has 0 radical (unpaired) electrons. The van der Waals surface area contributed by atoms with Crippen LogP contribution in [0.25, 0.3) is 0 Å². The number of aryl methyl sites for hydroxylation is 2. The Morgan fingerprint density at radius 1 is 1.29 bits per heavy atom. The second-order valence-electron chi connectivity index (χ2n) is 5.51. The van der Waals surface area contributed by atoms with Crippen LogP contribution in [0.1, 0.15) is 28.9 Å². The minimum absolute atomic E-state index is 0.0169. The van der Waals surface area contributed by atoms with Gasteiger partial charge in [0.1, 0.15) is 5.82 Å². The summed E-state index contributed by atoms with van der Waals surface area (Å²) in [6.07, 6.45) is -4.21. The van der Waals surface area contributed by atoms with E-state index >= 15 is 0 Å². The number of halogens is 4. The molecular weight excluding hydrogens is 326 g/mol. The predicted molar refractivity (Wildman–Crippen MR) is 81.0 cm³/mol. The molecule has 0 saturated heterocycles. The Balaban J connectivity index is 2.07. The summed E-state index contributed by atoms with van der Waals surface area (Å²) in [7, 11) is 1.78. The van der Waals surface area contributed by atoms with Crippen molar-refractivity contribution in [1.29, 1.82) is 0 Å². The van der Waals surface area contributed by atoms with Gasteiger partial charge in [-0.15, -0.1) is 0 Å². The first kappa shape index (κ1) is 18.0. The minimum Gasteiger partial charge on any atom is -0.324 e. The van der Waals surface area contributed by atoms with Crippen molar-refractivity contribution in [2.75, 3.05) is 5.32 Å².